The molecule has 1 saturated heterocycles. The number of likely N-dealkylation sites (N-methyl/N-ethyl adjacent to an activating group) is 1. The van der Waals surface area contributed by atoms with Crippen LogP contribution in [0.5, 0.6) is 5.75 Å². The number of hydrogen-bond acceptors (Lipinski definition) is 7. The number of fused-ring (bicyclic) bond motifs is 1. The SMILES string of the molecule is CCN1CCN(c2nc(-c3ccccc3OCC(=O)OC)cc3ccoc23)CC1. The van der Waals surface area contributed by atoms with Crippen LogP contribution in [0.4, 0.5) is 5.82 Å². The third kappa shape index (κ3) is 4.05. The minimum Gasteiger partial charge on any atom is -0.481 e. The van der Waals surface area contributed by atoms with Crippen LogP contribution >= 0.6 is 0 Å². The molecule has 0 unspecified atom stereocenters. The molecule has 1 fully saturated rings. The molecule has 0 atom stereocenters. The molecule has 1 aliphatic heterocycles. The summed E-state index contributed by atoms with van der Waals surface area (Å²) in [5.41, 5.74) is 2.41. The van der Waals surface area contributed by atoms with Gasteiger partial charge in [-0.25, -0.2) is 9.78 Å². The van der Waals surface area contributed by atoms with Crippen LogP contribution in [0.3, 0.4) is 0 Å². The smallest absolute Gasteiger partial charge is 0.343 e. The molecule has 0 radical (unpaired) electrons. The van der Waals surface area contributed by atoms with Gasteiger partial charge in [0.1, 0.15) is 5.75 Å². The Kier molecular flexibility index (Phi) is 5.67. The molecular formula is C22H25N3O4. The number of ether oxygens (including phenoxy) is 2. The van der Waals surface area contributed by atoms with Gasteiger partial charge in [-0.15, -0.1) is 0 Å². The first-order valence-corrected chi connectivity index (χ1v) is 9.84. The van der Waals surface area contributed by atoms with E-state index in [1.807, 2.05) is 36.4 Å². The van der Waals surface area contributed by atoms with Crippen LogP contribution in [-0.2, 0) is 9.53 Å². The van der Waals surface area contributed by atoms with Crippen LogP contribution in [0.25, 0.3) is 22.2 Å². The van der Waals surface area contributed by atoms with Crippen molar-refractivity contribution in [2.24, 2.45) is 0 Å². The number of furan rings is 1. The second-order valence-electron chi connectivity index (χ2n) is 6.95. The normalized spacial score (nSPS) is 14.9. The molecule has 4 rings (SSSR count). The van der Waals surface area contributed by atoms with Crippen molar-refractivity contribution in [3.8, 4) is 17.0 Å². The molecule has 7 heteroatoms. The molecule has 0 amide bonds. The van der Waals surface area contributed by atoms with Gasteiger partial charge in [0.2, 0.25) is 0 Å². The van der Waals surface area contributed by atoms with Crippen molar-refractivity contribution in [1.29, 1.82) is 0 Å². The molecule has 0 spiro atoms. The third-order valence-corrected chi connectivity index (χ3v) is 5.27. The molecule has 1 aliphatic rings. The van der Waals surface area contributed by atoms with Crippen molar-refractivity contribution < 1.29 is 18.7 Å². The first-order chi connectivity index (χ1) is 14.2. The summed E-state index contributed by atoms with van der Waals surface area (Å²) >= 11 is 0. The van der Waals surface area contributed by atoms with Gasteiger partial charge in [-0.2, -0.15) is 0 Å². The number of benzene rings is 1. The summed E-state index contributed by atoms with van der Waals surface area (Å²) < 4.78 is 16.1. The topological polar surface area (TPSA) is 68.0 Å². The van der Waals surface area contributed by atoms with Crippen molar-refractivity contribution in [2.75, 3.05) is 51.3 Å². The second-order valence-corrected chi connectivity index (χ2v) is 6.95. The van der Waals surface area contributed by atoms with Crippen LogP contribution in [0, 0.1) is 0 Å². The van der Waals surface area contributed by atoms with Gasteiger partial charge in [-0.05, 0) is 30.8 Å². The quantitative estimate of drug-likeness (QED) is 0.594. The van der Waals surface area contributed by atoms with Gasteiger partial charge < -0.3 is 23.7 Å². The number of rotatable bonds is 6. The minimum absolute atomic E-state index is 0.146. The van der Waals surface area contributed by atoms with Crippen LogP contribution in [-0.4, -0.2) is 62.3 Å². The zero-order valence-electron chi connectivity index (χ0n) is 16.8. The third-order valence-electron chi connectivity index (χ3n) is 5.27. The zero-order valence-corrected chi connectivity index (χ0v) is 16.8. The lowest BCUT2D eigenvalue weighted by molar-refractivity contribution is -0.142. The van der Waals surface area contributed by atoms with E-state index in [4.69, 9.17) is 14.1 Å². The zero-order chi connectivity index (χ0) is 20.2. The van der Waals surface area contributed by atoms with E-state index >= 15 is 0 Å². The van der Waals surface area contributed by atoms with E-state index in [1.165, 1.54) is 7.11 Å². The lowest BCUT2D eigenvalue weighted by Gasteiger charge is -2.34. The largest absolute Gasteiger partial charge is 0.481 e. The average molecular weight is 395 g/mol. The van der Waals surface area contributed by atoms with Gasteiger partial charge in [0.15, 0.2) is 18.0 Å². The monoisotopic (exact) mass is 395 g/mol. The number of nitrogens with zero attached hydrogens (tertiary/aromatic N) is 3. The lowest BCUT2D eigenvalue weighted by Crippen LogP contribution is -2.46. The number of piperazine rings is 1. The summed E-state index contributed by atoms with van der Waals surface area (Å²) in [4.78, 5) is 21.1. The van der Waals surface area contributed by atoms with E-state index in [0.717, 1.165) is 60.8 Å². The molecule has 3 heterocycles. The lowest BCUT2D eigenvalue weighted by atomic mass is 10.1. The Morgan fingerprint density at radius 3 is 2.72 bits per heavy atom. The van der Waals surface area contributed by atoms with Crippen LogP contribution in [0.2, 0.25) is 0 Å². The number of hydrogen-bond donors (Lipinski definition) is 0. The number of carbonyl (C=O) groups excluding carboxylic acids is 1. The molecule has 7 nitrogen and oxygen atoms in total. The summed E-state index contributed by atoms with van der Waals surface area (Å²) in [6.07, 6.45) is 1.70. The molecule has 0 N–H and O–H groups in total. The van der Waals surface area contributed by atoms with E-state index in [-0.39, 0.29) is 6.61 Å². The fourth-order valence-corrected chi connectivity index (χ4v) is 3.59. The minimum atomic E-state index is -0.424. The van der Waals surface area contributed by atoms with E-state index in [0.29, 0.717) is 5.75 Å². The van der Waals surface area contributed by atoms with Crippen molar-refractivity contribution in [3.05, 3.63) is 42.7 Å². The van der Waals surface area contributed by atoms with E-state index in [1.54, 1.807) is 6.26 Å². The van der Waals surface area contributed by atoms with Crippen molar-refractivity contribution in [2.45, 2.75) is 6.92 Å². The molecule has 1 aromatic carbocycles. The number of carbonyl (C=O) groups is 1. The molecule has 0 aliphatic carbocycles. The average Bonchev–Trinajstić information content (AvgIpc) is 3.26. The highest BCUT2D eigenvalue weighted by molar-refractivity contribution is 5.91. The number of esters is 1. The summed E-state index contributed by atoms with van der Waals surface area (Å²) in [5, 5.41) is 0.991. The van der Waals surface area contributed by atoms with Gasteiger partial charge in [-0.3, -0.25) is 0 Å². The van der Waals surface area contributed by atoms with E-state index in [2.05, 4.69) is 21.5 Å². The summed E-state index contributed by atoms with van der Waals surface area (Å²) in [5.74, 6) is 1.02. The second kappa shape index (κ2) is 8.53. The van der Waals surface area contributed by atoms with Gasteiger partial charge in [0.05, 0.1) is 19.1 Å². The van der Waals surface area contributed by atoms with Gasteiger partial charge >= 0.3 is 5.97 Å². The fraction of sp³-hybridized carbons (Fsp3) is 0.364. The number of aromatic nitrogens is 1. The van der Waals surface area contributed by atoms with Gasteiger partial charge in [0, 0.05) is 37.1 Å². The number of pyridine rings is 1. The standard InChI is InChI=1S/C22H25N3O4/c1-3-24-9-11-25(12-10-24)22-21-16(8-13-28-21)14-18(23-22)17-6-4-5-7-19(17)29-15-20(26)27-2/h4-8,13-14H,3,9-12,15H2,1-2H3. The van der Waals surface area contributed by atoms with Crippen molar-refractivity contribution in [3.63, 3.8) is 0 Å². The van der Waals surface area contributed by atoms with Gasteiger partial charge in [-0.1, -0.05) is 19.1 Å². The number of methoxy groups -OCH3 is 1. The number of para-hydroxylation sites is 1. The predicted octanol–water partition coefficient (Wildman–Crippen LogP) is 3.19. The molecule has 3 aromatic rings. The highest BCUT2D eigenvalue weighted by Crippen LogP contribution is 2.35. The Hall–Kier alpha value is -3.06. The highest BCUT2D eigenvalue weighted by Gasteiger charge is 2.22. The summed E-state index contributed by atoms with van der Waals surface area (Å²) in [6, 6.07) is 11.5. The molecule has 0 bridgehead atoms. The Balaban J connectivity index is 1.70. The Morgan fingerprint density at radius 1 is 1.17 bits per heavy atom. The maximum Gasteiger partial charge on any atom is 0.343 e. The summed E-state index contributed by atoms with van der Waals surface area (Å²) in [6.45, 7) is 6.91. The molecule has 0 saturated carbocycles. The Bertz CT molecular complexity index is 993. The van der Waals surface area contributed by atoms with E-state index in [9.17, 15) is 4.79 Å². The molecule has 152 valence electrons. The number of anilines is 1. The predicted molar refractivity (Wildman–Crippen MR) is 111 cm³/mol. The highest BCUT2D eigenvalue weighted by atomic mass is 16.6. The van der Waals surface area contributed by atoms with Crippen LogP contribution < -0.4 is 9.64 Å². The molecule has 29 heavy (non-hydrogen) atoms. The van der Waals surface area contributed by atoms with Gasteiger partial charge in [0.25, 0.3) is 0 Å². The van der Waals surface area contributed by atoms with Crippen molar-refractivity contribution in [1.82, 2.24) is 9.88 Å². The Morgan fingerprint density at radius 2 is 1.97 bits per heavy atom. The summed E-state index contributed by atoms with van der Waals surface area (Å²) in [7, 11) is 1.34. The molecular weight excluding hydrogens is 370 g/mol. The van der Waals surface area contributed by atoms with Crippen LogP contribution in [0.15, 0.2) is 47.1 Å². The fourth-order valence-electron chi connectivity index (χ4n) is 3.59. The first-order valence-electron chi connectivity index (χ1n) is 9.84. The molecule has 2 aromatic heterocycles. The van der Waals surface area contributed by atoms with E-state index < -0.39 is 5.97 Å². The first kappa shape index (κ1) is 19.3. The van der Waals surface area contributed by atoms with Crippen molar-refractivity contribution >= 4 is 22.8 Å². The van der Waals surface area contributed by atoms with Crippen LogP contribution in [0.1, 0.15) is 6.92 Å². The Labute approximate surface area is 169 Å². The maximum absolute atomic E-state index is 11.5. The maximum atomic E-state index is 11.5.